The summed E-state index contributed by atoms with van der Waals surface area (Å²) in [6.45, 7) is -0.186. The molecule has 2 N–H and O–H groups in total. The highest BCUT2D eigenvalue weighted by molar-refractivity contribution is 7.92. The third-order valence-electron chi connectivity index (χ3n) is 4.91. The van der Waals surface area contributed by atoms with Gasteiger partial charge in [-0.2, -0.15) is 0 Å². The average Bonchev–Trinajstić information content (AvgIpc) is 2.83. The molecule has 33 heavy (non-hydrogen) atoms. The van der Waals surface area contributed by atoms with Crippen molar-refractivity contribution in [1.82, 2.24) is 0 Å². The van der Waals surface area contributed by atoms with E-state index in [-0.39, 0.29) is 17.4 Å². The molecule has 0 unspecified atom stereocenters. The molecule has 4 aromatic carbocycles. The molecule has 7 nitrogen and oxygen atoms in total. The van der Waals surface area contributed by atoms with Gasteiger partial charge in [0, 0.05) is 11.1 Å². The summed E-state index contributed by atoms with van der Waals surface area (Å²) in [6, 6.07) is 25.8. The lowest BCUT2D eigenvalue weighted by Gasteiger charge is -2.12. The van der Waals surface area contributed by atoms with Gasteiger partial charge in [0.05, 0.1) is 17.7 Å². The van der Waals surface area contributed by atoms with Gasteiger partial charge in [0.1, 0.15) is 11.5 Å². The number of benzene rings is 4. The predicted molar refractivity (Wildman–Crippen MR) is 128 cm³/mol. The first-order valence-electron chi connectivity index (χ1n) is 10.1. The second kappa shape index (κ2) is 9.62. The molecule has 0 saturated heterocycles. The Balaban J connectivity index is 1.39. The van der Waals surface area contributed by atoms with Crippen molar-refractivity contribution in [2.45, 2.75) is 4.90 Å². The molecule has 0 spiro atoms. The van der Waals surface area contributed by atoms with Gasteiger partial charge >= 0.3 is 0 Å². The lowest BCUT2D eigenvalue weighted by atomic mass is 10.1. The summed E-state index contributed by atoms with van der Waals surface area (Å²) in [5.74, 6) is 0.860. The Morgan fingerprint density at radius 2 is 1.48 bits per heavy atom. The van der Waals surface area contributed by atoms with Gasteiger partial charge in [0.15, 0.2) is 6.61 Å². The highest BCUT2D eigenvalue weighted by atomic mass is 32.2. The van der Waals surface area contributed by atoms with Gasteiger partial charge in [0.25, 0.3) is 15.9 Å². The van der Waals surface area contributed by atoms with Gasteiger partial charge in [-0.25, -0.2) is 8.42 Å². The van der Waals surface area contributed by atoms with Crippen LogP contribution in [0.3, 0.4) is 0 Å². The van der Waals surface area contributed by atoms with E-state index in [4.69, 9.17) is 9.47 Å². The Kier molecular flexibility index (Phi) is 6.46. The largest absolute Gasteiger partial charge is 0.497 e. The molecule has 0 bridgehead atoms. The number of anilines is 2. The van der Waals surface area contributed by atoms with Crippen molar-refractivity contribution < 1.29 is 22.7 Å². The SMILES string of the molecule is COc1ccc(OCC(=O)Nc2ccc(S(=O)(=O)Nc3cccc4ccccc34)cc2)cc1. The second-order valence-electron chi connectivity index (χ2n) is 7.17. The zero-order chi connectivity index (χ0) is 23.3. The second-order valence-corrected chi connectivity index (χ2v) is 8.85. The number of nitrogens with one attached hydrogen (secondary N) is 2. The van der Waals surface area contributed by atoms with E-state index in [2.05, 4.69) is 10.0 Å². The number of amides is 1. The van der Waals surface area contributed by atoms with Crippen LogP contribution in [-0.2, 0) is 14.8 Å². The first kappa shape index (κ1) is 22.2. The Bertz CT molecular complexity index is 1360. The van der Waals surface area contributed by atoms with Crippen LogP contribution in [0.25, 0.3) is 10.8 Å². The quantitative estimate of drug-likeness (QED) is 0.397. The lowest BCUT2D eigenvalue weighted by Crippen LogP contribution is -2.20. The van der Waals surface area contributed by atoms with Crippen molar-refractivity contribution in [2.24, 2.45) is 0 Å². The minimum atomic E-state index is -3.80. The van der Waals surface area contributed by atoms with Crippen LogP contribution in [0.15, 0.2) is 95.9 Å². The van der Waals surface area contributed by atoms with Gasteiger partial charge in [-0.05, 0) is 60.0 Å². The molecule has 0 aliphatic carbocycles. The average molecular weight is 463 g/mol. The minimum absolute atomic E-state index is 0.0860. The number of carbonyl (C=O) groups is 1. The summed E-state index contributed by atoms with van der Waals surface area (Å²) >= 11 is 0. The van der Waals surface area contributed by atoms with E-state index in [1.54, 1.807) is 43.5 Å². The molecule has 1 amide bonds. The molecule has 4 rings (SSSR count). The summed E-state index contributed by atoms with van der Waals surface area (Å²) in [4.78, 5) is 12.3. The maximum Gasteiger partial charge on any atom is 0.262 e. The zero-order valence-corrected chi connectivity index (χ0v) is 18.6. The third kappa shape index (κ3) is 5.42. The van der Waals surface area contributed by atoms with E-state index in [1.165, 1.54) is 24.3 Å². The van der Waals surface area contributed by atoms with Crippen molar-refractivity contribution in [1.29, 1.82) is 0 Å². The number of fused-ring (bicyclic) bond motifs is 1. The fraction of sp³-hybridized carbons (Fsp3) is 0.0800. The number of hydrogen-bond acceptors (Lipinski definition) is 5. The predicted octanol–water partition coefficient (Wildman–Crippen LogP) is 4.67. The molecule has 0 aliphatic rings. The van der Waals surface area contributed by atoms with Crippen LogP contribution in [0.2, 0.25) is 0 Å². The van der Waals surface area contributed by atoms with E-state index in [9.17, 15) is 13.2 Å². The smallest absolute Gasteiger partial charge is 0.262 e. The van der Waals surface area contributed by atoms with Crippen LogP contribution in [0, 0.1) is 0 Å². The Labute approximate surface area is 192 Å². The Morgan fingerprint density at radius 1 is 0.818 bits per heavy atom. The summed E-state index contributed by atoms with van der Waals surface area (Å²) in [5.41, 5.74) is 0.962. The molecule has 0 aromatic heterocycles. The summed E-state index contributed by atoms with van der Waals surface area (Å²) < 4.78 is 38.9. The van der Waals surface area contributed by atoms with Crippen molar-refractivity contribution in [3.05, 3.63) is 91.0 Å². The van der Waals surface area contributed by atoms with Crippen LogP contribution in [0.5, 0.6) is 11.5 Å². The van der Waals surface area contributed by atoms with Crippen LogP contribution in [-0.4, -0.2) is 28.0 Å². The number of rotatable bonds is 8. The highest BCUT2D eigenvalue weighted by Gasteiger charge is 2.16. The van der Waals surface area contributed by atoms with Gasteiger partial charge < -0.3 is 14.8 Å². The summed E-state index contributed by atoms with van der Waals surface area (Å²) in [5, 5.41) is 4.43. The van der Waals surface area contributed by atoms with Gasteiger partial charge in [0.2, 0.25) is 0 Å². The van der Waals surface area contributed by atoms with E-state index in [1.807, 2.05) is 30.3 Å². The van der Waals surface area contributed by atoms with Crippen LogP contribution in [0.4, 0.5) is 11.4 Å². The van der Waals surface area contributed by atoms with Crippen molar-refractivity contribution >= 4 is 38.1 Å². The molecule has 0 atom stereocenters. The van der Waals surface area contributed by atoms with Crippen LogP contribution in [0.1, 0.15) is 0 Å². The Hall–Kier alpha value is -4.04. The van der Waals surface area contributed by atoms with Crippen molar-refractivity contribution in [3.63, 3.8) is 0 Å². The van der Waals surface area contributed by atoms with Gasteiger partial charge in [-0.15, -0.1) is 0 Å². The highest BCUT2D eigenvalue weighted by Crippen LogP contribution is 2.26. The lowest BCUT2D eigenvalue weighted by molar-refractivity contribution is -0.118. The maximum atomic E-state index is 12.9. The normalized spacial score (nSPS) is 11.1. The summed E-state index contributed by atoms with van der Waals surface area (Å²) in [7, 11) is -2.23. The molecule has 168 valence electrons. The van der Waals surface area contributed by atoms with Gasteiger partial charge in [-0.1, -0.05) is 36.4 Å². The number of methoxy groups -OCH3 is 1. The molecule has 0 saturated carbocycles. The fourth-order valence-corrected chi connectivity index (χ4v) is 4.33. The van der Waals surface area contributed by atoms with E-state index >= 15 is 0 Å². The molecule has 8 heteroatoms. The molecular formula is C25H22N2O5S. The van der Waals surface area contributed by atoms with Crippen molar-refractivity contribution in [2.75, 3.05) is 23.8 Å². The number of sulfonamides is 1. The standard InChI is InChI=1S/C25H22N2O5S/c1-31-20-11-13-21(14-12-20)32-17-25(28)26-19-9-15-22(16-10-19)33(29,30)27-24-8-4-6-18-5-2-3-7-23(18)24/h2-16,27H,17H2,1H3,(H,26,28). The molecule has 0 aliphatic heterocycles. The number of ether oxygens (including phenoxy) is 2. The van der Waals surface area contributed by atoms with Crippen molar-refractivity contribution in [3.8, 4) is 11.5 Å². The first-order valence-corrected chi connectivity index (χ1v) is 11.6. The monoisotopic (exact) mass is 462 g/mol. The van der Waals surface area contributed by atoms with Gasteiger partial charge in [-0.3, -0.25) is 9.52 Å². The first-order chi connectivity index (χ1) is 15.9. The molecular weight excluding hydrogens is 440 g/mol. The van der Waals surface area contributed by atoms with E-state index in [0.29, 0.717) is 22.9 Å². The molecule has 4 aromatic rings. The number of hydrogen-bond donors (Lipinski definition) is 2. The Morgan fingerprint density at radius 3 is 2.21 bits per heavy atom. The van der Waals surface area contributed by atoms with Crippen LogP contribution < -0.4 is 19.5 Å². The van der Waals surface area contributed by atoms with Crippen LogP contribution >= 0.6 is 0 Å². The van der Waals surface area contributed by atoms with E-state index in [0.717, 1.165) is 10.8 Å². The fourth-order valence-electron chi connectivity index (χ4n) is 3.25. The topological polar surface area (TPSA) is 93.7 Å². The number of carbonyl (C=O) groups excluding carboxylic acids is 1. The minimum Gasteiger partial charge on any atom is -0.497 e. The summed E-state index contributed by atoms with van der Waals surface area (Å²) in [6.07, 6.45) is 0. The third-order valence-corrected chi connectivity index (χ3v) is 6.29. The zero-order valence-electron chi connectivity index (χ0n) is 17.8. The molecule has 0 fully saturated rings. The maximum absolute atomic E-state index is 12.9. The molecule has 0 heterocycles. The molecule has 0 radical (unpaired) electrons. The van der Waals surface area contributed by atoms with E-state index < -0.39 is 10.0 Å².